The fourth-order valence-electron chi connectivity index (χ4n) is 3.83. The van der Waals surface area contributed by atoms with E-state index < -0.39 is 5.91 Å². The molecule has 2 aromatic heterocycles. The summed E-state index contributed by atoms with van der Waals surface area (Å²) in [5.41, 5.74) is 7.81. The molecule has 0 spiro atoms. The van der Waals surface area contributed by atoms with Gasteiger partial charge in [0.05, 0.1) is 30.3 Å². The van der Waals surface area contributed by atoms with Crippen LogP contribution in [0.3, 0.4) is 0 Å². The number of nitrogens with zero attached hydrogens (tertiary/aromatic N) is 3. The number of amides is 1. The van der Waals surface area contributed by atoms with Crippen LogP contribution in [-0.2, 0) is 0 Å². The van der Waals surface area contributed by atoms with Crippen LogP contribution in [-0.4, -0.2) is 33.1 Å². The van der Waals surface area contributed by atoms with Crippen molar-refractivity contribution in [1.29, 1.82) is 0 Å². The highest BCUT2D eigenvalue weighted by atomic mass is 16.5. The molecule has 0 saturated heterocycles. The molecule has 8 nitrogen and oxygen atoms in total. The molecular formula is C22H21N5O3. The van der Waals surface area contributed by atoms with E-state index in [1.54, 1.807) is 24.7 Å². The Hall–Kier alpha value is -3.68. The molecule has 3 N–H and O–H groups in total. The van der Waals surface area contributed by atoms with Crippen molar-refractivity contribution in [3.63, 3.8) is 0 Å². The quantitative estimate of drug-likeness (QED) is 0.591. The van der Waals surface area contributed by atoms with E-state index in [4.69, 9.17) is 15.2 Å². The number of nitrogen functional groups attached to an aromatic ring is 1. The van der Waals surface area contributed by atoms with Gasteiger partial charge in [0.15, 0.2) is 11.5 Å². The molecule has 0 atom stereocenters. The van der Waals surface area contributed by atoms with Gasteiger partial charge in [-0.15, -0.1) is 0 Å². The van der Waals surface area contributed by atoms with E-state index in [2.05, 4.69) is 20.3 Å². The van der Waals surface area contributed by atoms with Crippen LogP contribution in [0.4, 0.5) is 11.5 Å². The monoisotopic (exact) mass is 403 g/mol. The maximum atomic E-state index is 12.9. The zero-order valence-corrected chi connectivity index (χ0v) is 16.2. The van der Waals surface area contributed by atoms with Crippen LogP contribution in [0.5, 0.6) is 11.5 Å². The van der Waals surface area contributed by atoms with Gasteiger partial charge >= 0.3 is 0 Å². The molecule has 1 fully saturated rings. The van der Waals surface area contributed by atoms with E-state index in [9.17, 15) is 4.79 Å². The third kappa shape index (κ3) is 3.63. The lowest BCUT2D eigenvalue weighted by atomic mass is 9.94. The standard InChI is InChI=1S/C22H21N5O3/c23-21-20-22(28)27-18-11-24-9-8-19(18)30-15-6-4-14(5-7-15)29-16-3-1-2-13(10-16)17(26-20)12-25-21/h1-3,8-12,14-15H,4-7H2,(H2,23,25)(H,27,28)/t14-,15+. The Kier molecular flexibility index (Phi) is 4.66. The van der Waals surface area contributed by atoms with Crippen LogP contribution in [0, 0.1) is 0 Å². The number of carbonyl (C=O) groups excluding carboxylic acids is 1. The number of benzene rings is 1. The number of hydrogen-bond acceptors (Lipinski definition) is 7. The Morgan fingerprint density at radius 1 is 1.03 bits per heavy atom. The molecule has 1 aromatic carbocycles. The van der Waals surface area contributed by atoms with Gasteiger partial charge in [-0.2, -0.15) is 0 Å². The van der Waals surface area contributed by atoms with Crippen LogP contribution in [0.25, 0.3) is 11.3 Å². The molecule has 1 amide bonds. The first-order chi connectivity index (χ1) is 14.7. The first-order valence-electron chi connectivity index (χ1n) is 9.97. The van der Waals surface area contributed by atoms with Crippen LogP contribution in [0.15, 0.2) is 48.9 Å². The molecule has 4 heterocycles. The van der Waals surface area contributed by atoms with Crippen molar-refractivity contribution in [3.8, 4) is 22.8 Å². The van der Waals surface area contributed by atoms with Gasteiger partial charge in [-0.25, -0.2) is 9.97 Å². The lowest BCUT2D eigenvalue weighted by Gasteiger charge is -2.30. The Balaban J connectivity index is 1.59. The second-order valence-electron chi connectivity index (χ2n) is 7.48. The molecule has 152 valence electrons. The molecule has 30 heavy (non-hydrogen) atoms. The van der Waals surface area contributed by atoms with Gasteiger partial charge in [0.2, 0.25) is 0 Å². The zero-order chi connectivity index (χ0) is 20.5. The number of carbonyl (C=O) groups is 1. The van der Waals surface area contributed by atoms with Crippen LogP contribution >= 0.6 is 0 Å². The SMILES string of the molecule is Nc1ncc2nc1C(=O)Nc1cnccc1O[C@H]1CC[C@H](CC1)Oc1cccc-2c1. The van der Waals surface area contributed by atoms with Crippen molar-refractivity contribution >= 4 is 17.4 Å². The number of fused-ring (bicyclic) bond motifs is 3. The summed E-state index contributed by atoms with van der Waals surface area (Å²) >= 11 is 0. The zero-order valence-electron chi connectivity index (χ0n) is 16.2. The number of nitrogens with one attached hydrogen (secondary N) is 1. The maximum Gasteiger partial charge on any atom is 0.278 e. The summed E-state index contributed by atoms with van der Waals surface area (Å²) in [4.78, 5) is 25.7. The van der Waals surface area contributed by atoms with Gasteiger partial charge in [-0.3, -0.25) is 9.78 Å². The second-order valence-corrected chi connectivity index (χ2v) is 7.48. The van der Waals surface area contributed by atoms with E-state index >= 15 is 0 Å². The third-order valence-electron chi connectivity index (χ3n) is 5.39. The highest BCUT2D eigenvalue weighted by molar-refractivity contribution is 6.06. The second kappa shape index (κ2) is 7.62. The molecule has 1 saturated carbocycles. The summed E-state index contributed by atoms with van der Waals surface area (Å²) in [7, 11) is 0. The van der Waals surface area contributed by atoms with Crippen molar-refractivity contribution in [2.24, 2.45) is 0 Å². The lowest BCUT2D eigenvalue weighted by molar-refractivity contribution is 0.0809. The average Bonchev–Trinajstić information content (AvgIpc) is 2.76. The predicted molar refractivity (Wildman–Crippen MR) is 111 cm³/mol. The minimum atomic E-state index is -0.470. The summed E-state index contributed by atoms with van der Waals surface area (Å²) in [6.45, 7) is 0. The molecule has 8 heteroatoms. The normalized spacial score (nSPS) is 20.5. The van der Waals surface area contributed by atoms with Gasteiger partial charge in [0.1, 0.15) is 17.2 Å². The molecule has 6 bridgehead atoms. The van der Waals surface area contributed by atoms with Gasteiger partial charge in [-0.05, 0) is 37.8 Å². The topological polar surface area (TPSA) is 112 Å². The summed E-state index contributed by atoms with van der Waals surface area (Å²) in [6, 6.07) is 9.40. The summed E-state index contributed by atoms with van der Waals surface area (Å²) in [5.74, 6) is 0.922. The minimum absolute atomic E-state index is 0.0437. The fourth-order valence-corrected chi connectivity index (χ4v) is 3.83. The van der Waals surface area contributed by atoms with Crippen molar-refractivity contribution in [2.45, 2.75) is 37.9 Å². The van der Waals surface area contributed by atoms with E-state index in [-0.39, 0.29) is 23.7 Å². The Morgan fingerprint density at radius 2 is 1.83 bits per heavy atom. The van der Waals surface area contributed by atoms with E-state index in [1.807, 2.05) is 24.3 Å². The minimum Gasteiger partial charge on any atom is -0.490 e. The summed E-state index contributed by atoms with van der Waals surface area (Å²) in [5, 5.41) is 2.82. The molecule has 6 rings (SSSR count). The fraction of sp³-hybridized carbons (Fsp3) is 0.273. The van der Waals surface area contributed by atoms with Gasteiger partial charge < -0.3 is 20.5 Å². The Labute approximate surface area is 173 Å². The molecule has 1 aliphatic carbocycles. The molecular weight excluding hydrogens is 382 g/mol. The number of nitrogens with two attached hydrogens (primary N) is 1. The maximum absolute atomic E-state index is 12.9. The van der Waals surface area contributed by atoms with Crippen LogP contribution in [0.1, 0.15) is 36.2 Å². The number of hydrogen-bond donors (Lipinski definition) is 2. The molecule has 0 radical (unpaired) electrons. The van der Waals surface area contributed by atoms with Crippen LogP contribution < -0.4 is 20.5 Å². The Morgan fingerprint density at radius 3 is 2.67 bits per heavy atom. The molecule has 2 aliphatic heterocycles. The summed E-state index contributed by atoms with van der Waals surface area (Å²) < 4.78 is 12.4. The van der Waals surface area contributed by atoms with E-state index in [0.29, 0.717) is 17.1 Å². The highest BCUT2D eigenvalue weighted by Gasteiger charge is 2.25. The molecule has 3 aromatic rings. The van der Waals surface area contributed by atoms with E-state index in [0.717, 1.165) is 37.0 Å². The van der Waals surface area contributed by atoms with Gasteiger partial charge in [-0.1, -0.05) is 12.1 Å². The Bertz CT molecular complexity index is 1100. The highest BCUT2D eigenvalue weighted by Crippen LogP contribution is 2.32. The lowest BCUT2D eigenvalue weighted by Crippen LogP contribution is -2.30. The van der Waals surface area contributed by atoms with E-state index in [1.165, 1.54) is 0 Å². The number of pyridine rings is 1. The van der Waals surface area contributed by atoms with Gasteiger partial charge in [0.25, 0.3) is 5.91 Å². The van der Waals surface area contributed by atoms with Crippen molar-refractivity contribution in [2.75, 3.05) is 11.1 Å². The van der Waals surface area contributed by atoms with Crippen molar-refractivity contribution in [3.05, 3.63) is 54.6 Å². The van der Waals surface area contributed by atoms with Gasteiger partial charge in [0, 0.05) is 17.8 Å². The number of ether oxygens (including phenoxy) is 2. The predicted octanol–water partition coefficient (Wildman–Crippen LogP) is 3.46. The first-order valence-corrected chi connectivity index (χ1v) is 9.97. The van der Waals surface area contributed by atoms with Crippen molar-refractivity contribution in [1.82, 2.24) is 15.0 Å². The molecule has 0 unspecified atom stereocenters. The number of anilines is 2. The average molecular weight is 403 g/mol. The smallest absolute Gasteiger partial charge is 0.278 e. The third-order valence-corrected chi connectivity index (χ3v) is 5.39. The number of aromatic nitrogens is 3. The van der Waals surface area contributed by atoms with Crippen LogP contribution in [0.2, 0.25) is 0 Å². The van der Waals surface area contributed by atoms with Crippen molar-refractivity contribution < 1.29 is 14.3 Å². The molecule has 3 aliphatic rings. The largest absolute Gasteiger partial charge is 0.490 e. The number of rotatable bonds is 0. The summed E-state index contributed by atoms with van der Waals surface area (Å²) in [6.07, 6.45) is 8.48. The first kappa shape index (κ1) is 18.4.